The van der Waals surface area contributed by atoms with Gasteiger partial charge in [0.25, 0.3) is 0 Å². The van der Waals surface area contributed by atoms with Crippen LogP contribution in [0.5, 0.6) is 0 Å². The zero-order valence-corrected chi connectivity index (χ0v) is 10.1. The highest BCUT2D eigenvalue weighted by Crippen LogP contribution is 2.25. The van der Waals surface area contributed by atoms with Crippen molar-refractivity contribution in [2.45, 2.75) is 11.4 Å². The van der Waals surface area contributed by atoms with Crippen LogP contribution in [0.3, 0.4) is 0 Å². The molecule has 0 spiro atoms. The first kappa shape index (κ1) is 11.1. The summed E-state index contributed by atoms with van der Waals surface area (Å²) >= 11 is 5.17. The fourth-order valence-corrected chi connectivity index (χ4v) is 2.42. The molecule has 0 radical (unpaired) electrons. The SMILES string of the molecule is CNCc1csc(C(Br)COC)n1. The normalized spacial score (nSPS) is 13.2. The molecule has 0 aliphatic rings. The quantitative estimate of drug-likeness (QED) is 0.826. The van der Waals surface area contributed by atoms with Crippen molar-refractivity contribution in [2.24, 2.45) is 0 Å². The van der Waals surface area contributed by atoms with Gasteiger partial charge in [-0.3, -0.25) is 0 Å². The average Bonchev–Trinajstić information content (AvgIpc) is 2.54. The summed E-state index contributed by atoms with van der Waals surface area (Å²) < 4.78 is 5.03. The van der Waals surface area contributed by atoms with E-state index in [0.29, 0.717) is 6.61 Å². The molecule has 0 saturated carbocycles. The van der Waals surface area contributed by atoms with Crippen LogP contribution in [0.4, 0.5) is 0 Å². The van der Waals surface area contributed by atoms with Crippen molar-refractivity contribution in [1.82, 2.24) is 10.3 Å². The zero-order valence-electron chi connectivity index (χ0n) is 7.71. The highest BCUT2D eigenvalue weighted by molar-refractivity contribution is 9.09. The Balaban J connectivity index is 2.56. The summed E-state index contributed by atoms with van der Waals surface area (Å²) in [5, 5.41) is 6.21. The molecule has 1 aromatic heterocycles. The van der Waals surface area contributed by atoms with Crippen LogP contribution in [0.1, 0.15) is 15.5 Å². The fraction of sp³-hybridized carbons (Fsp3) is 0.625. The van der Waals surface area contributed by atoms with E-state index in [1.165, 1.54) is 0 Å². The molecule has 1 atom stereocenters. The molecule has 1 heterocycles. The summed E-state index contributed by atoms with van der Waals surface area (Å²) in [6.07, 6.45) is 0. The first-order chi connectivity index (χ1) is 6.27. The second-order valence-corrected chi connectivity index (χ2v) is 4.63. The summed E-state index contributed by atoms with van der Waals surface area (Å²) in [6, 6.07) is 0. The van der Waals surface area contributed by atoms with E-state index < -0.39 is 0 Å². The topological polar surface area (TPSA) is 34.1 Å². The lowest BCUT2D eigenvalue weighted by molar-refractivity contribution is 0.201. The molecule has 0 aromatic carbocycles. The van der Waals surface area contributed by atoms with Gasteiger partial charge < -0.3 is 10.1 Å². The smallest absolute Gasteiger partial charge is 0.109 e. The first-order valence-corrected chi connectivity index (χ1v) is 5.79. The van der Waals surface area contributed by atoms with E-state index in [2.05, 4.69) is 31.6 Å². The van der Waals surface area contributed by atoms with Crippen molar-refractivity contribution < 1.29 is 4.74 Å². The Morgan fingerprint density at radius 2 is 2.54 bits per heavy atom. The van der Waals surface area contributed by atoms with Gasteiger partial charge in [0.1, 0.15) is 5.01 Å². The van der Waals surface area contributed by atoms with Gasteiger partial charge in [-0.2, -0.15) is 0 Å². The van der Waals surface area contributed by atoms with Crippen LogP contribution in [-0.4, -0.2) is 25.7 Å². The number of hydrogen-bond donors (Lipinski definition) is 1. The van der Waals surface area contributed by atoms with Gasteiger partial charge in [0.05, 0.1) is 17.1 Å². The third-order valence-corrected chi connectivity index (χ3v) is 3.52. The van der Waals surface area contributed by atoms with Gasteiger partial charge in [-0.25, -0.2) is 4.98 Å². The lowest BCUT2D eigenvalue weighted by Crippen LogP contribution is -2.06. The molecule has 1 aromatic rings. The van der Waals surface area contributed by atoms with Crippen molar-refractivity contribution >= 4 is 27.3 Å². The average molecular weight is 265 g/mol. The molecule has 0 saturated heterocycles. The highest BCUT2D eigenvalue weighted by atomic mass is 79.9. The van der Waals surface area contributed by atoms with Crippen LogP contribution in [0, 0.1) is 0 Å². The third-order valence-electron chi connectivity index (χ3n) is 1.51. The molecule has 0 aliphatic carbocycles. The molecule has 1 rings (SSSR count). The van der Waals surface area contributed by atoms with Crippen molar-refractivity contribution in [3.8, 4) is 0 Å². The lowest BCUT2D eigenvalue weighted by Gasteiger charge is -2.03. The number of ether oxygens (including phenoxy) is 1. The van der Waals surface area contributed by atoms with Crippen LogP contribution < -0.4 is 5.32 Å². The van der Waals surface area contributed by atoms with Gasteiger partial charge >= 0.3 is 0 Å². The number of rotatable bonds is 5. The van der Waals surface area contributed by atoms with Crippen molar-refractivity contribution in [1.29, 1.82) is 0 Å². The second kappa shape index (κ2) is 5.70. The zero-order chi connectivity index (χ0) is 9.68. The number of thiazole rings is 1. The first-order valence-electron chi connectivity index (χ1n) is 3.99. The molecule has 74 valence electrons. The molecule has 0 bridgehead atoms. The Morgan fingerprint density at radius 1 is 1.77 bits per heavy atom. The van der Waals surface area contributed by atoms with Gasteiger partial charge in [0, 0.05) is 19.0 Å². The molecular formula is C8H13BrN2OS. The molecule has 1 unspecified atom stereocenters. The van der Waals surface area contributed by atoms with Gasteiger partial charge in [0.15, 0.2) is 0 Å². The van der Waals surface area contributed by atoms with Gasteiger partial charge in [0.2, 0.25) is 0 Å². The van der Waals surface area contributed by atoms with Crippen LogP contribution in [0.15, 0.2) is 5.38 Å². The molecule has 3 nitrogen and oxygen atoms in total. The summed E-state index contributed by atoms with van der Waals surface area (Å²) in [5.41, 5.74) is 1.09. The van der Waals surface area contributed by atoms with Gasteiger partial charge in [-0.15, -0.1) is 11.3 Å². The molecule has 5 heteroatoms. The molecule has 13 heavy (non-hydrogen) atoms. The summed E-state index contributed by atoms with van der Waals surface area (Å²) in [6.45, 7) is 1.48. The molecule has 0 aliphatic heterocycles. The van der Waals surface area contributed by atoms with Crippen LogP contribution >= 0.6 is 27.3 Å². The lowest BCUT2D eigenvalue weighted by atomic mass is 10.4. The molecule has 0 amide bonds. The van der Waals surface area contributed by atoms with E-state index in [-0.39, 0.29) is 4.83 Å². The Bertz CT molecular complexity index is 254. The van der Waals surface area contributed by atoms with Crippen LogP contribution in [0.25, 0.3) is 0 Å². The Labute approximate surface area is 90.6 Å². The number of nitrogens with zero attached hydrogens (tertiary/aromatic N) is 1. The maximum absolute atomic E-state index is 5.03. The maximum atomic E-state index is 5.03. The van der Waals surface area contributed by atoms with E-state index in [1.807, 2.05) is 7.05 Å². The van der Waals surface area contributed by atoms with Crippen molar-refractivity contribution in [3.05, 3.63) is 16.1 Å². The largest absolute Gasteiger partial charge is 0.383 e. The maximum Gasteiger partial charge on any atom is 0.109 e. The summed E-state index contributed by atoms with van der Waals surface area (Å²) in [4.78, 5) is 4.66. The number of nitrogens with one attached hydrogen (secondary N) is 1. The van der Waals surface area contributed by atoms with E-state index in [9.17, 15) is 0 Å². The predicted molar refractivity (Wildman–Crippen MR) is 58.4 cm³/mol. The number of aromatic nitrogens is 1. The summed E-state index contributed by atoms with van der Waals surface area (Å²) in [5.74, 6) is 0. The van der Waals surface area contributed by atoms with E-state index in [1.54, 1.807) is 18.4 Å². The summed E-state index contributed by atoms with van der Waals surface area (Å²) in [7, 11) is 3.61. The monoisotopic (exact) mass is 264 g/mol. The Hall–Kier alpha value is 0.0300. The van der Waals surface area contributed by atoms with Gasteiger partial charge in [-0.05, 0) is 7.05 Å². The second-order valence-electron chi connectivity index (χ2n) is 2.63. The third kappa shape index (κ3) is 3.34. The van der Waals surface area contributed by atoms with E-state index in [4.69, 9.17) is 4.74 Å². The van der Waals surface area contributed by atoms with Gasteiger partial charge in [-0.1, -0.05) is 15.9 Å². The van der Waals surface area contributed by atoms with Crippen molar-refractivity contribution in [2.75, 3.05) is 20.8 Å². The minimum Gasteiger partial charge on any atom is -0.383 e. The van der Waals surface area contributed by atoms with E-state index >= 15 is 0 Å². The van der Waals surface area contributed by atoms with E-state index in [0.717, 1.165) is 17.2 Å². The number of alkyl halides is 1. The van der Waals surface area contributed by atoms with Crippen LogP contribution in [0.2, 0.25) is 0 Å². The standard InChI is InChI=1S/C8H13BrN2OS/c1-10-3-6-5-13-8(11-6)7(9)4-12-2/h5,7,10H,3-4H2,1-2H3. The minimum atomic E-state index is 0.216. The minimum absolute atomic E-state index is 0.216. The molecular weight excluding hydrogens is 252 g/mol. The molecule has 1 N–H and O–H groups in total. The number of hydrogen-bond acceptors (Lipinski definition) is 4. The number of methoxy groups -OCH3 is 1. The highest BCUT2D eigenvalue weighted by Gasteiger charge is 2.11. The fourth-order valence-electron chi connectivity index (χ4n) is 0.946. The Morgan fingerprint density at radius 3 is 3.15 bits per heavy atom. The van der Waals surface area contributed by atoms with Crippen LogP contribution in [-0.2, 0) is 11.3 Å². The van der Waals surface area contributed by atoms with Crippen molar-refractivity contribution in [3.63, 3.8) is 0 Å². The Kier molecular flexibility index (Phi) is 4.87. The number of halogens is 1. The predicted octanol–water partition coefficient (Wildman–Crippen LogP) is 1.94. The molecule has 0 fully saturated rings.